The van der Waals surface area contributed by atoms with Crippen LogP contribution in [-0.2, 0) is 10.8 Å². The van der Waals surface area contributed by atoms with Gasteiger partial charge in [0, 0.05) is 87.4 Å². The van der Waals surface area contributed by atoms with Crippen LogP contribution < -0.4 is 0 Å². The molecule has 0 fully saturated rings. The van der Waals surface area contributed by atoms with Crippen molar-refractivity contribution in [2.75, 3.05) is 0 Å². The minimum atomic E-state index is -0.171. The number of aromatic nitrogens is 8. The van der Waals surface area contributed by atoms with Crippen molar-refractivity contribution in [1.29, 1.82) is 0 Å². The number of hydrogen-bond acceptors (Lipinski definition) is 4. The highest BCUT2D eigenvalue weighted by atomic mass is 15.2. The Bertz CT molecular complexity index is 7210. The van der Waals surface area contributed by atoms with E-state index in [1.165, 1.54) is 131 Å². The molecule has 2 aliphatic rings. The summed E-state index contributed by atoms with van der Waals surface area (Å²) >= 11 is 0. The number of para-hydroxylation sites is 4. The lowest BCUT2D eigenvalue weighted by Crippen LogP contribution is -2.26. The summed E-state index contributed by atoms with van der Waals surface area (Å²) in [6.45, 7) is 9.51. The summed E-state index contributed by atoms with van der Waals surface area (Å²) in [5.74, 6) is 1.36. The number of benzene rings is 15. The average Bonchev–Trinajstić information content (AvgIpc) is 1.51. The van der Waals surface area contributed by atoms with Crippen molar-refractivity contribution < 1.29 is 0 Å². The fourth-order valence-corrected chi connectivity index (χ4v) is 18.3. The van der Waals surface area contributed by atoms with Crippen molar-refractivity contribution in [1.82, 2.24) is 38.2 Å². The van der Waals surface area contributed by atoms with Crippen molar-refractivity contribution in [3.63, 3.8) is 0 Å². The second-order valence-electron chi connectivity index (χ2n) is 30.1. The molecule has 8 heterocycles. The van der Waals surface area contributed by atoms with Gasteiger partial charge in [-0.1, -0.05) is 282 Å². The molecule has 0 spiro atoms. The molecule has 8 heteroatoms. The van der Waals surface area contributed by atoms with E-state index < -0.39 is 0 Å². The Morgan fingerprint density at radius 3 is 1.28 bits per heavy atom. The molecule has 23 rings (SSSR count). The Hall–Kier alpha value is -13.8. The van der Waals surface area contributed by atoms with Crippen molar-refractivity contribution >= 4 is 109 Å². The van der Waals surface area contributed by atoms with Crippen molar-refractivity contribution in [3.05, 3.63) is 362 Å². The van der Waals surface area contributed by atoms with Crippen LogP contribution in [0, 0.1) is 0 Å². The molecular weight excluding hydrogens is 1310 g/mol. The summed E-state index contributed by atoms with van der Waals surface area (Å²) in [5, 5.41) is 15.1. The zero-order valence-corrected chi connectivity index (χ0v) is 59.9. The van der Waals surface area contributed by atoms with E-state index in [1.807, 2.05) is 24.3 Å². The molecule has 0 aliphatic carbocycles. The van der Waals surface area contributed by atoms with Gasteiger partial charge in [0.2, 0.25) is 5.95 Å². The molecule has 0 saturated heterocycles. The number of hydrogen-bond donors (Lipinski definition) is 0. The van der Waals surface area contributed by atoms with E-state index in [0.717, 1.165) is 67.3 Å². The van der Waals surface area contributed by atoms with Gasteiger partial charge in [-0.3, -0.25) is 4.57 Å². The van der Waals surface area contributed by atoms with Crippen LogP contribution >= 0.6 is 0 Å². The second kappa shape index (κ2) is 23.3. The van der Waals surface area contributed by atoms with Gasteiger partial charge in [-0.2, -0.15) is 0 Å². The number of fused-ring (bicyclic) bond motifs is 21. The first-order chi connectivity index (χ1) is 53.1. The van der Waals surface area contributed by atoms with Crippen molar-refractivity contribution in [3.8, 4) is 79.4 Å². The van der Waals surface area contributed by atoms with Crippen LogP contribution in [0.25, 0.3) is 188 Å². The Kier molecular flexibility index (Phi) is 13.3. The minimum absolute atomic E-state index is 0.162. The van der Waals surface area contributed by atoms with Gasteiger partial charge in [0.05, 0.1) is 78.3 Å². The lowest BCUT2D eigenvalue weighted by molar-refractivity contribution is 0.631. The van der Waals surface area contributed by atoms with Gasteiger partial charge < -0.3 is 13.7 Å². The standard InChI is InChI=1S/C53H36N4.C47H32N4/c1-53(2)41-22-12-14-24-46(41)57-50-40(48-38-20-10-9-19-36(38)31-42(53)51(48)57)29-30-47-49(50)39-21-11-13-23-45(39)56(47)37-27-25-35(26-28-37)52-54-43(33-15-5-3-6-16-33)32-44(55-52)34-17-7-4-8-18-34;1-47(2)36-22-13-21-33-34-24-25-41-43(45(34)51(44(33)36)42-27-32-19-10-9-18-31(32)26-37(42)47)35-20-11-12-23-40(35)50(41)46-48-38(29-14-5-3-6-15-29)28-39(49-46)30-16-7-4-8-17-30/h3-32H,1-2H3;3-28H,1-2H3. The summed E-state index contributed by atoms with van der Waals surface area (Å²) in [6.07, 6.45) is 0. The van der Waals surface area contributed by atoms with E-state index in [2.05, 4.69) is 361 Å². The highest BCUT2D eigenvalue weighted by molar-refractivity contribution is 6.32. The predicted octanol–water partition coefficient (Wildman–Crippen LogP) is 25.3. The highest BCUT2D eigenvalue weighted by Crippen LogP contribution is 2.54. The molecule has 0 amide bonds. The molecule has 0 radical (unpaired) electrons. The maximum Gasteiger partial charge on any atom is 0.235 e. The first kappa shape index (κ1) is 61.6. The molecule has 15 aromatic carbocycles. The quantitative estimate of drug-likeness (QED) is 0.159. The zero-order valence-electron chi connectivity index (χ0n) is 59.9. The average molecular weight is 1380 g/mol. The van der Waals surface area contributed by atoms with Crippen LogP contribution in [0.2, 0.25) is 0 Å². The predicted molar refractivity (Wildman–Crippen MR) is 448 cm³/mol. The molecule has 0 saturated carbocycles. The van der Waals surface area contributed by atoms with Gasteiger partial charge in [0.25, 0.3) is 0 Å². The Labute approximate surface area is 623 Å². The van der Waals surface area contributed by atoms with E-state index in [1.54, 1.807) is 0 Å². The molecule has 508 valence electrons. The lowest BCUT2D eigenvalue weighted by Gasteiger charge is -2.35. The fraction of sp³-hybridized carbons (Fsp3) is 0.0600. The topological polar surface area (TPSA) is 71.3 Å². The molecule has 0 bridgehead atoms. The SMILES string of the molecule is CC1(C)c2cc3ccccc3cc2-n2c3c1cccc3c1ccc3c(c4ccccc4n3-c3nc(-c4ccccc4)cc(-c4ccccc4)n3)c12.CC1(C)c2ccccc2-n2c3c1cc1ccccc1c3c1ccc3c(c4ccccc4n3-c3ccc(-c4nc(-c5ccccc5)cc(-c5ccccc5)n4)cc3)c12. The monoisotopic (exact) mass is 1380 g/mol. The van der Waals surface area contributed by atoms with E-state index >= 15 is 0 Å². The van der Waals surface area contributed by atoms with E-state index in [-0.39, 0.29) is 10.8 Å². The molecule has 2 aliphatic heterocycles. The third-order valence-electron chi connectivity index (χ3n) is 23.4. The molecule has 6 aromatic heterocycles. The van der Waals surface area contributed by atoms with Crippen molar-refractivity contribution in [2.24, 2.45) is 0 Å². The smallest absolute Gasteiger partial charge is 0.235 e. The normalized spacial score (nSPS) is 13.3. The largest absolute Gasteiger partial charge is 0.309 e. The lowest BCUT2D eigenvalue weighted by atomic mass is 9.74. The highest BCUT2D eigenvalue weighted by Gasteiger charge is 2.39. The number of nitrogens with zero attached hydrogens (tertiary/aromatic N) is 8. The summed E-state index contributed by atoms with van der Waals surface area (Å²) in [7, 11) is 0. The fourth-order valence-electron chi connectivity index (χ4n) is 18.3. The van der Waals surface area contributed by atoms with Crippen LogP contribution in [0.15, 0.2) is 340 Å². The zero-order chi connectivity index (χ0) is 71.7. The summed E-state index contributed by atoms with van der Waals surface area (Å²) < 4.78 is 9.83. The van der Waals surface area contributed by atoms with Crippen molar-refractivity contribution in [2.45, 2.75) is 38.5 Å². The van der Waals surface area contributed by atoms with Gasteiger partial charge in [-0.15, -0.1) is 0 Å². The van der Waals surface area contributed by atoms with E-state index in [0.29, 0.717) is 11.8 Å². The summed E-state index contributed by atoms with van der Waals surface area (Å²) in [4.78, 5) is 20.8. The van der Waals surface area contributed by atoms with Crippen LogP contribution in [0.3, 0.4) is 0 Å². The molecule has 8 nitrogen and oxygen atoms in total. The van der Waals surface area contributed by atoms with Crippen LogP contribution in [-0.4, -0.2) is 38.2 Å². The van der Waals surface area contributed by atoms with Gasteiger partial charge >= 0.3 is 0 Å². The molecule has 0 N–H and O–H groups in total. The third-order valence-corrected chi connectivity index (χ3v) is 23.4. The second-order valence-corrected chi connectivity index (χ2v) is 30.1. The maximum absolute atomic E-state index is 5.30. The molecule has 21 aromatic rings. The van der Waals surface area contributed by atoms with Gasteiger partial charge in [0.15, 0.2) is 5.82 Å². The molecule has 108 heavy (non-hydrogen) atoms. The van der Waals surface area contributed by atoms with Gasteiger partial charge in [-0.05, 0) is 129 Å². The number of rotatable bonds is 7. The molecule has 0 unspecified atom stereocenters. The Morgan fingerprint density at radius 1 is 0.231 bits per heavy atom. The first-order valence-corrected chi connectivity index (χ1v) is 37.3. The Morgan fingerprint density at radius 2 is 0.667 bits per heavy atom. The Balaban J connectivity index is 0.000000135. The summed E-state index contributed by atoms with van der Waals surface area (Å²) in [6, 6.07) is 122. The molecular formula is C100H68N8. The van der Waals surface area contributed by atoms with E-state index in [4.69, 9.17) is 19.9 Å². The van der Waals surface area contributed by atoms with Crippen LogP contribution in [0.5, 0.6) is 0 Å². The minimum Gasteiger partial charge on any atom is -0.309 e. The third kappa shape index (κ3) is 9.04. The molecule has 0 atom stereocenters. The van der Waals surface area contributed by atoms with Gasteiger partial charge in [0.1, 0.15) is 0 Å². The maximum atomic E-state index is 5.30. The van der Waals surface area contributed by atoms with Crippen LogP contribution in [0.4, 0.5) is 0 Å². The van der Waals surface area contributed by atoms with Crippen LogP contribution in [0.1, 0.15) is 49.9 Å². The van der Waals surface area contributed by atoms with E-state index in [9.17, 15) is 0 Å². The first-order valence-electron chi connectivity index (χ1n) is 37.3. The van der Waals surface area contributed by atoms with Gasteiger partial charge in [-0.25, -0.2) is 19.9 Å². The summed E-state index contributed by atoms with van der Waals surface area (Å²) in [5.41, 5.74) is 27.1.